The van der Waals surface area contributed by atoms with Crippen molar-refractivity contribution in [2.75, 3.05) is 26.3 Å². The van der Waals surface area contributed by atoms with Gasteiger partial charge in [-0.25, -0.2) is 0 Å². The molecule has 0 radical (unpaired) electrons. The lowest BCUT2D eigenvalue weighted by atomic mass is 9.79. The molecule has 0 unspecified atom stereocenters. The Morgan fingerprint density at radius 3 is 2.57 bits per heavy atom. The second-order valence-electron chi connectivity index (χ2n) is 6.23. The molecule has 2 aliphatic rings. The molecule has 122 valence electrons. The Kier molecular flexibility index (Phi) is 4.22. The minimum atomic E-state index is -1.33. The van der Waals surface area contributed by atoms with E-state index in [0.717, 1.165) is 16.7 Å². The molecule has 23 heavy (non-hydrogen) atoms. The Hall–Kier alpha value is -2.14. The maximum absolute atomic E-state index is 12.9. The molecule has 5 heteroatoms. The number of aliphatic carboxylic acids is 1. The number of benzene rings is 1. The zero-order valence-corrected chi connectivity index (χ0v) is 13.2. The van der Waals surface area contributed by atoms with Crippen molar-refractivity contribution in [3.63, 3.8) is 0 Å². The zero-order valence-electron chi connectivity index (χ0n) is 13.2. The summed E-state index contributed by atoms with van der Waals surface area (Å²) >= 11 is 0. The second-order valence-corrected chi connectivity index (χ2v) is 6.23. The number of carbonyl (C=O) groups excluding carboxylic acids is 1. The average Bonchev–Trinajstić information content (AvgIpc) is 3.04. The first-order valence-corrected chi connectivity index (χ1v) is 7.90. The van der Waals surface area contributed by atoms with E-state index in [-0.39, 0.29) is 18.7 Å². The molecule has 0 aromatic heterocycles. The first kappa shape index (κ1) is 15.7. The van der Waals surface area contributed by atoms with E-state index >= 15 is 0 Å². The van der Waals surface area contributed by atoms with Gasteiger partial charge in [-0.3, -0.25) is 9.59 Å². The number of carboxylic acid groups (broad SMARTS) is 1. The van der Waals surface area contributed by atoms with E-state index in [2.05, 4.69) is 0 Å². The Bertz CT molecular complexity index is 659. The summed E-state index contributed by atoms with van der Waals surface area (Å²) in [4.78, 5) is 26.3. The SMILES string of the molecule is Cc1ccccc1C1=CCN(C(=O)C2(C(=O)O)CCOCC2)C1. The molecule has 2 aliphatic heterocycles. The fourth-order valence-corrected chi connectivity index (χ4v) is 3.38. The third kappa shape index (κ3) is 2.77. The Morgan fingerprint density at radius 1 is 1.22 bits per heavy atom. The van der Waals surface area contributed by atoms with Crippen molar-refractivity contribution in [1.29, 1.82) is 0 Å². The Morgan fingerprint density at radius 2 is 1.91 bits per heavy atom. The van der Waals surface area contributed by atoms with Gasteiger partial charge < -0.3 is 14.7 Å². The van der Waals surface area contributed by atoms with E-state index in [9.17, 15) is 14.7 Å². The highest BCUT2D eigenvalue weighted by molar-refractivity contribution is 6.03. The van der Waals surface area contributed by atoms with E-state index in [1.165, 1.54) is 0 Å². The largest absolute Gasteiger partial charge is 0.480 e. The standard InChI is InChI=1S/C18H21NO4/c1-13-4-2-3-5-15(13)14-6-9-19(12-14)16(20)18(17(21)22)7-10-23-11-8-18/h2-6H,7-12H2,1H3,(H,21,22). The van der Waals surface area contributed by atoms with E-state index in [1.54, 1.807) is 4.90 Å². The number of carboxylic acids is 1. The molecule has 5 nitrogen and oxygen atoms in total. The number of rotatable bonds is 3. The smallest absolute Gasteiger partial charge is 0.319 e. The van der Waals surface area contributed by atoms with E-state index < -0.39 is 11.4 Å². The van der Waals surface area contributed by atoms with Crippen LogP contribution in [0.2, 0.25) is 0 Å². The van der Waals surface area contributed by atoms with Gasteiger partial charge in [0, 0.05) is 26.3 Å². The van der Waals surface area contributed by atoms with E-state index in [4.69, 9.17) is 4.74 Å². The summed E-state index contributed by atoms with van der Waals surface area (Å²) in [7, 11) is 0. The van der Waals surface area contributed by atoms with E-state index in [0.29, 0.717) is 26.3 Å². The van der Waals surface area contributed by atoms with Gasteiger partial charge in [-0.05, 0) is 36.5 Å². The molecular formula is C18H21NO4. The van der Waals surface area contributed by atoms with Gasteiger partial charge in [0.2, 0.25) is 5.91 Å². The van der Waals surface area contributed by atoms with Crippen LogP contribution in [0.25, 0.3) is 5.57 Å². The van der Waals surface area contributed by atoms with Crippen LogP contribution in [-0.2, 0) is 14.3 Å². The predicted octanol–water partition coefficient (Wildman–Crippen LogP) is 2.10. The van der Waals surface area contributed by atoms with Gasteiger partial charge in [-0.2, -0.15) is 0 Å². The van der Waals surface area contributed by atoms with Gasteiger partial charge in [-0.15, -0.1) is 0 Å². The summed E-state index contributed by atoms with van der Waals surface area (Å²) in [5.74, 6) is -1.32. The van der Waals surface area contributed by atoms with Gasteiger partial charge in [0.25, 0.3) is 0 Å². The van der Waals surface area contributed by atoms with Crippen LogP contribution in [0.5, 0.6) is 0 Å². The van der Waals surface area contributed by atoms with Crippen LogP contribution < -0.4 is 0 Å². The van der Waals surface area contributed by atoms with Gasteiger partial charge in [0.05, 0.1) is 0 Å². The first-order chi connectivity index (χ1) is 11.0. The number of nitrogens with zero attached hydrogens (tertiary/aromatic N) is 1. The number of carbonyl (C=O) groups is 2. The minimum Gasteiger partial charge on any atom is -0.480 e. The highest BCUT2D eigenvalue weighted by Crippen LogP contribution is 2.35. The minimum absolute atomic E-state index is 0.247. The van der Waals surface area contributed by atoms with Crippen LogP contribution in [0.3, 0.4) is 0 Å². The van der Waals surface area contributed by atoms with Crippen molar-refractivity contribution in [2.45, 2.75) is 19.8 Å². The molecule has 1 N–H and O–H groups in total. The number of ether oxygens (including phenoxy) is 1. The molecule has 0 bridgehead atoms. The topological polar surface area (TPSA) is 66.8 Å². The molecule has 0 spiro atoms. The lowest BCUT2D eigenvalue weighted by Crippen LogP contribution is -2.51. The van der Waals surface area contributed by atoms with Crippen molar-refractivity contribution >= 4 is 17.4 Å². The van der Waals surface area contributed by atoms with Gasteiger partial charge >= 0.3 is 5.97 Å². The quantitative estimate of drug-likeness (QED) is 0.868. The lowest BCUT2D eigenvalue weighted by Gasteiger charge is -2.35. The van der Waals surface area contributed by atoms with Gasteiger partial charge in [-0.1, -0.05) is 30.3 Å². The van der Waals surface area contributed by atoms with Crippen molar-refractivity contribution in [3.05, 3.63) is 41.5 Å². The van der Waals surface area contributed by atoms with E-state index in [1.807, 2.05) is 37.3 Å². The first-order valence-electron chi connectivity index (χ1n) is 7.90. The van der Waals surface area contributed by atoms with Gasteiger partial charge in [0.1, 0.15) is 0 Å². The average molecular weight is 315 g/mol. The molecule has 0 aliphatic carbocycles. The number of aryl methyl sites for hydroxylation is 1. The van der Waals surface area contributed by atoms with Crippen LogP contribution in [-0.4, -0.2) is 48.2 Å². The highest BCUT2D eigenvalue weighted by atomic mass is 16.5. The molecule has 2 heterocycles. The summed E-state index contributed by atoms with van der Waals surface area (Å²) in [5.41, 5.74) is 2.04. The molecule has 0 atom stereocenters. The molecule has 3 rings (SSSR count). The lowest BCUT2D eigenvalue weighted by molar-refractivity contribution is -0.166. The van der Waals surface area contributed by atoms with Gasteiger partial charge in [0.15, 0.2) is 5.41 Å². The third-order valence-electron chi connectivity index (χ3n) is 4.86. The van der Waals surface area contributed by atoms with Crippen LogP contribution in [0.1, 0.15) is 24.0 Å². The van der Waals surface area contributed by atoms with Crippen molar-refractivity contribution in [2.24, 2.45) is 5.41 Å². The van der Waals surface area contributed by atoms with Crippen LogP contribution >= 0.6 is 0 Å². The number of hydrogen-bond acceptors (Lipinski definition) is 3. The molecule has 1 aromatic rings. The number of hydrogen-bond donors (Lipinski definition) is 1. The maximum atomic E-state index is 12.9. The van der Waals surface area contributed by atoms with Crippen molar-refractivity contribution in [3.8, 4) is 0 Å². The molecule has 1 amide bonds. The summed E-state index contributed by atoms with van der Waals surface area (Å²) < 4.78 is 5.25. The summed E-state index contributed by atoms with van der Waals surface area (Å²) in [6, 6.07) is 8.04. The third-order valence-corrected chi connectivity index (χ3v) is 4.86. The molecule has 0 saturated carbocycles. The summed E-state index contributed by atoms with van der Waals surface area (Å²) in [6.07, 6.45) is 2.52. The van der Waals surface area contributed by atoms with Crippen LogP contribution in [0.4, 0.5) is 0 Å². The fraction of sp³-hybridized carbons (Fsp3) is 0.444. The maximum Gasteiger partial charge on any atom is 0.319 e. The molecular weight excluding hydrogens is 294 g/mol. The summed E-state index contributed by atoms with van der Waals surface area (Å²) in [5, 5.41) is 9.63. The van der Waals surface area contributed by atoms with Crippen LogP contribution in [0.15, 0.2) is 30.3 Å². The Labute approximate surface area is 135 Å². The highest BCUT2D eigenvalue weighted by Gasteiger charge is 2.49. The molecule has 1 fully saturated rings. The van der Waals surface area contributed by atoms with Crippen molar-refractivity contribution in [1.82, 2.24) is 4.90 Å². The molecule has 1 aromatic carbocycles. The monoisotopic (exact) mass is 315 g/mol. The fourth-order valence-electron chi connectivity index (χ4n) is 3.38. The zero-order chi connectivity index (χ0) is 16.4. The second kappa shape index (κ2) is 6.16. The Balaban J connectivity index is 1.78. The summed E-state index contributed by atoms with van der Waals surface area (Å²) in [6.45, 7) is 3.63. The normalized spacial score (nSPS) is 20.2. The van der Waals surface area contributed by atoms with Crippen molar-refractivity contribution < 1.29 is 19.4 Å². The number of amides is 1. The predicted molar refractivity (Wildman–Crippen MR) is 85.9 cm³/mol. The van der Waals surface area contributed by atoms with Crippen LogP contribution in [0, 0.1) is 12.3 Å². The molecule has 1 saturated heterocycles.